The van der Waals surface area contributed by atoms with Gasteiger partial charge in [0.25, 0.3) is 0 Å². The van der Waals surface area contributed by atoms with Gasteiger partial charge >= 0.3 is 12.1 Å². The van der Waals surface area contributed by atoms with Crippen molar-refractivity contribution in [2.45, 2.75) is 24.8 Å². The van der Waals surface area contributed by atoms with E-state index in [0.29, 0.717) is 13.1 Å². The fourth-order valence-corrected chi connectivity index (χ4v) is 4.33. The Hall–Kier alpha value is -3.61. The Morgan fingerprint density at radius 1 is 1.06 bits per heavy atom. The van der Waals surface area contributed by atoms with Crippen LogP contribution in [0.5, 0.6) is 0 Å². The first-order valence-corrected chi connectivity index (χ1v) is 11.1. The Bertz CT molecular complexity index is 1020. The van der Waals surface area contributed by atoms with Gasteiger partial charge < -0.3 is 14.4 Å². The number of nitrogens with zero attached hydrogens (tertiary/aromatic N) is 2. The summed E-state index contributed by atoms with van der Waals surface area (Å²) in [5.74, 6) is -0.920. The molecule has 0 saturated carbocycles. The Morgan fingerprint density at radius 2 is 1.67 bits per heavy atom. The van der Waals surface area contributed by atoms with E-state index in [1.807, 2.05) is 36.4 Å². The van der Waals surface area contributed by atoms with Crippen molar-refractivity contribution in [3.8, 4) is 11.1 Å². The summed E-state index contributed by atoms with van der Waals surface area (Å²) in [6.07, 6.45) is 1.49. The van der Waals surface area contributed by atoms with E-state index >= 15 is 0 Å². The molecule has 0 spiro atoms. The van der Waals surface area contributed by atoms with Crippen molar-refractivity contribution in [2.75, 3.05) is 33.4 Å². The molecule has 1 heterocycles. The molecule has 7 nitrogen and oxygen atoms in total. The Kier molecular flexibility index (Phi) is 6.77. The van der Waals surface area contributed by atoms with Crippen LogP contribution in [-0.2, 0) is 19.1 Å². The molecule has 0 unspecified atom stereocenters. The highest BCUT2D eigenvalue weighted by molar-refractivity contribution is 5.90. The molecule has 2 amide bonds. The van der Waals surface area contributed by atoms with Gasteiger partial charge in [-0.1, -0.05) is 61.2 Å². The Labute approximate surface area is 193 Å². The lowest BCUT2D eigenvalue weighted by Gasteiger charge is -2.36. The minimum atomic E-state index is -0.974. The minimum absolute atomic E-state index is 0.0537. The average Bonchev–Trinajstić information content (AvgIpc) is 3.11. The van der Waals surface area contributed by atoms with E-state index in [1.165, 1.54) is 18.0 Å². The van der Waals surface area contributed by atoms with Gasteiger partial charge in [-0.15, -0.1) is 0 Å². The van der Waals surface area contributed by atoms with E-state index in [-0.39, 0.29) is 31.5 Å². The molecule has 7 heteroatoms. The van der Waals surface area contributed by atoms with E-state index in [1.54, 1.807) is 4.90 Å². The normalized spacial score (nSPS) is 15.0. The number of likely N-dealkylation sites (N-methyl/N-ethyl adjacent to an activating group) is 1. The second kappa shape index (κ2) is 9.90. The van der Waals surface area contributed by atoms with E-state index in [2.05, 4.69) is 18.7 Å². The van der Waals surface area contributed by atoms with E-state index < -0.39 is 18.1 Å². The summed E-state index contributed by atoms with van der Waals surface area (Å²) in [7, 11) is 1.49. The maximum Gasteiger partial charge on any atom is 0.410 e. The van der Waals surface area contributed by atoms with Crippen LogP contribution in [0.4, 0.5) is 4.79 Å². The summed E-state index contributed by atoms with van der Waals surface area (Å²) >= 11 is 0. The fourth-order valence-electron chi connectivity index (χ4n) is 4.33. The Morgan fingerprint density at radius 3 is 2.21 bits per heavy atom. The van der Waals surface area contributed by atoms with Crippen LogP contribution in [0.25, 0.3) is 11.1 Å². The van der Waals surface area contributed by atoms with Crippen molar-refractivity contribution in [3.05, 3.63) is 72.3 Å². The van der Waals surface area contributed by atoms with Crippen LogP contribution >= 0.6 is 0 Å². The highest BCUT2D eigenvalue weighted by Gasteiger charge is 2.36. The van der Waals surface area contributed by atoms with Gasteiger partial charge in [-0.05, 0) is 28.7 Å². The maximum absolute atomic E-state index is 13.0. The van der Waals surface area contributed by atoms with Crippen LogP contribution in [0.1, 0.15) is 29.9 Å². The fraction of sp³-hybridized carbons (Fsp3) is 0.346. The number of fused-ring (bicyclic) bond motifs is 3. The molecule has 2 aromatic rings. The lowest BCUT2D eigenvalue weighted by atomic mass is 9.98. The lowest BCUT2D eigenvalue weighted by Crippen LogP contribution is -2.54. The third kappa shape index (κ3) is 4.62. The first kappa shape index (κ1) is 22.6. The van der Waals surface area contributed by atoms with Gasteiger partial charge in [0.2, 0.25) is 5.91 Å². The molecule has 2 aromatic carbocycles. The third-order valence-corrected chi connectivity index (χ3v) is 6.27. The molecule has 4 rings (SSSR count). The van der Waals surface area contributed by atoms with Crippen molar-refractivity contribution in [1.82, 2.24) is 9.80 Å². The molecule has 1 saturated heterocycles. The summed E-state index contributed by atoms with van der Waals surface area (Å²) < 4.78 is 10.7. The van der Waals surface area contributed by atoms with Gasteiger partial charge in [0.05, 0.1) is 6.42 Å². The number of carbonyl (C=O) groups is 3. The average molecular weight is 449 g/mol. The number of hydrogen-bond acceptors (Lipinski definition) is 5. The predicted molar refractivity (Wildman–Crippen MR) is 124 cm³/mol. The molecule has 1 fully saturated rings. The zero-order valence-corrected chi connectivity index (χ0v) is 18.7. The van der Waals surface area contributed by atoms with Gasteiger partial charge in [0.15, 0.2) is 0 Å². The van der Waals surface area contributed by atoms with Crippen LogP contribution in [0, 0.1) is 0 Å². The van der Waals surface area contributed by atoms with Crippen LogP contribution in [0.2, 0.25) is 0 Å². The van der Waals surface area contributed by atoms with Crippen molar-refractivity contribution in [1.29, 1.82) is 0 Å². The molecule has 1 aliphatic carbocycles. The molecule has 0 bridgehead atoms. The number of rotatable bonds is 8. The number of likely N-dealkylation sites (tertiary alicyclic amines) is 1. The van der Waals surface area contributed by atoms with Crippen molar-refractivity contribution < 1.29 is 23.9 Å². The van der Waals surface area contributed by atoms with E-state index in [4.69, 9.17) is 9.47 Å². The van der Waals surface area contributed by atoms with Crippen molar-refractivity contribution in [2.24, 2.45) is 0 Å². The SMILES string of the molecule is C=CCOC(=O)C[C@@H](C(=O)N1CCC1)N(C)C(=O)OCC1c2ccccc2-c2ccccc21. The van der Waals surface area contributed by atoms with Crippen LogP contribution in [0.3, 0.4) is 0 Å². The summed E-state index contributed by atoms with van der Waals surface area (Å²) in [6.45, 7) is 4.95. The maximum atomic E-state index is 13.0. The number of esters is 1. The molecule has 2 aliphatic rings. The lowest BCUT2D eigenvalue weighted by molar-refractivity contribution is -0.149. The number of carbonyl (C=O) groups excluding carboxylic acids is 3. The standard InChI is InChI=1S/C26H28N2O5/c1-3-15-32-24(29)16-23(25(30)28-13-8-14-28)27(2)26(31)33-17-22-20-11-6-4-9-18(20)19-10-5-7-12-21(19)22/h3-7,9-12,22-23H,1,8,13-17H2,2H3/t23-/m0/s1. The van der Waals surface area contributed by atoms with Crippen molar-refractivity contribution >= 4 is 18.0 Å². The number of amides is 2. The molecule has 33 heavy (non-hydrogen) atoms. The largest absolute Gasteiger partial charge is 0.461 e. The molecule has 172 valence electrons. The van der Waals surface area contributed by atoms with Crippen LogP contribution < -0.4 is 0 Å². The van der Waals surface area contributed by atoms with Crippen molar-refractivity contribution in [3.63, 3.8) is 0 Å². The minimum Gasteiger partial charge on any atom is -0.461 e. The summed E-state index contributed by atoms with van der Waals surface area (Å²) in [5.41, 5.74) is 4.49. The highest BCUT2D eigenvalue weighted by atomic mass is 16.6. The van der Waals surface area contributed by atoms with E-state index in [9.17, 15) is 14.4 Å². The topological polar surface area (TPSA) is 76.2 Å². The first-order valence-electron chi connectivity index (χ1n) is 11.1. The highest BCUT2D eigenvalue weighted by Crippen LogP contribution is 2.44. The molecular weight excluding hydrogens is 420 g/mol. The zero-order chi connectivity index (χ0) is 23.4. The zero-order valence-electron chi connectivity index (χ0n) is 18.7. The Balaban J connectivity index is 1.46. The van der Waals surface area contributed by atoms with Crippen LogP contribution in [0.15, 0.2) is 61.2 Å². The number of hydrogen-bond donors (Lipinski definition) is 0. The van der Waals surface area contributed by atoms with Gasteiger partial charge in [0, 0.05) is 26.1 Å². The predicted octanol–water partition coefficient (Wildman–Crippen LogP) is 3.59. The first-order chi connectivity index (χ1) is 16.0. The molecule has 1 atom stereocenters. The molecule has 0 radical (unpaired) electrons. The van der Waals surface area contributed by atoms with Gasteiger partial charge in [0.1, 0.15) is 19.3 Å². The second-order valence-electron chi connectivity index (χ2n) is 8.29. The summed E-state index contributed by atoms with van der Waals surface area (Å²) in [4.78, 5) is 40.9. The second-order valence-corrected chi connectivity index (χ2v) is 8.29. The molecule has 0 N–H and O–H groups in total. The molecule has 1 aliphatic heterocycles. The summed E-state index contributed by atoms with van der Waals surface area (Å²) in [5, 5.41) is 0. The van der Waals surface area contributed by atoms with Gasteiger partial charge in [-0.2, -0.15) is 0 Å². The monoisotopic (exact) mass is 448 g/mol. The van der Waals surface area contributed by atoms with Gasteiger partial charge in [-0.25, -0.2) is 4.79 Å². The number of benzene rings is 2. The third-order valence-electron chi connectivity index (χ3n) is 6.27. The number of ether oxygens (including phenoxy) is 2. The molecule has 0 aromatic heterocycles. The smallest absolute Gasteiger partial charge is 0.410 e. The van der Waals surface area contributed by atoms with E-state index in [0.717, 1.165) is 28.7 Å². The quantitative estimate of drug-likeness (QED) is 0.456. The van der Waals surface area contributed by atoms with Crippen LogP contribution in [-0.4, -0.2) is 67.2 Å². The summed E-state index contributed by atoms with van der Waals surface area (Å²) in [6, 6.07) is 15.2. The van der Waals surface area contributed by atoms with Gasteiger partial charge in [-0.3, -0.25) is 14.5 Å². The molecular formula is C26H28N2O5.